The second kappa shape index (κ2) is 6.99. The average molecular weight is 335 g/mol. The molecule has 0 fully saturated rings. The standard InChI is InChI=1S/C20H21N3O2/c1-22(15-17-6-7-19-20(13-17)25-11-10-24-19)14-16-4-2-5-18(12-16)23-9-3-8-21-23/h2-9,12-13H,10-11,14-15H2,1H3. The lowest BCUT2D eigenvalue weighted by Gasteiger charge is -2.21. The molecule has 0 bridgehead atoms. The summed E-state index contributed by atoms with van der Waals surface area (Å²) in [7, 11) is 2.12. The van der Waals surface area contributed by atoms with Crippen LogP contribution in [0.2, 0.25) is 0 Å². The zero-order chi connectivity index (χ0) is 17.1. The molecule has 1 aliphatic heterocycles. The van der Waals surface area contributed by atoms with Gasteiger partial charge in [-0.1, -0.05) is 18.2 Å². The van der Waals surface area contributed by atoms with Gasteiger partial charge in [-0.25, -0.2) is 4.68 Å². The minimum Gasteiger partial charge on any atom is -0.486 e. The van der Waals surface area contributed by atoms with Crippen molar-refractivity contribution in [1.82, 2.24) is 14.7 Å². The number of aromatic nitrogens is 2. The fourth-order valence-corrected chi connectivity index (χ4v) is 3.08. The average Bonchev–Trinajstić information content (AvgIpc) is 3.16. The van der Waals surface area contributed by atoms with Gasteiger partial charge in [-0.15, -0.1) is 0 Å². The Balaban J connectivity index is 1.44. The van der Waals surface area contributed by atoms with Crippen molar-refractivity contribution in [3.05, 3.63) is 72.1 Å². The first-order valence-electron chi connectivity index (χ1n) is 8.44. The monoisotopic (exact) mass is 335 g/mol. The highest BCUT2D eigenvalue weighted by Crippen LogP contribution is 2.31. The summed E-state index contributed by atoms with van der Waals surface area (Å²) in [6.07, 6.45) is 3.75. The number of hydrogen-bond acceptors (Lipinski definition) is 4. The summed E-state index contributed by atoms with van der Waals surface area (Å²) in [5, 5.41) is 4.29. The van der Waals surface area contributed by atoms with E-state index in [1.807, 2.05) is 23.0 Å². The largest absolute Gasteiger partial charge is 0.486 e. The molecule has 3 aromatic rings. The number of ether oxygens (including phenoxy) is 2. The van der Waals surface area contributed by atoms with Gasteiger partial charge in [0.2, 0.25) is 0 Å². The van der Waals surface area contributed by atoms with E-state index in [9.17, 15) is 0 Å². The molecular weight excluding hydrogens is 314 g/mol. The third kappa shape index (κ3) is 3.67. The highest BCUT2D eigenvalue weighted by Gasteiger charge is 2.12. The van der Waals surface area contributed by atoms with Crippen molar-refractivity contribution in [3.63, 3.8) is 0 Å². The van der Waals surface area contributed by atoms with Crippen molar-refractivity contribution >= 4 is 0 Å². The maximum atomic E-state index is 5.67. The molecule has 1 aromatic heterocycles. The second-order valence-corrected chi connectivity index (χ2v) is 6.27. The number of benzene rings is 2. The van der Waals surface area contributed by atoms with Crippen LogP contribution in [-0.4, -0.2) is 34.9 Å². The molecule has 0 atom stereocenters. The van der Waals surface area contributed by atoms with E-state index in [1.165, 1.54) is 11.1 Å². The van der Waals surface area contributed by atoms with Gasteiger partial charge in [0.05, 0.1) is 5.69 Å². The van der Waals surface area contributed by atoms with Crippen molar-refractivity contribution in [3.8, 4) is 17.2 Å². The van der Waals surface area contributed by atoms with E-state index in [0.717, 1.165) is 30.3 Å². The smallest absolute Gasteiger partial charge is 0.161 e. The van der Waals surface area contributed by atoms with Gasteiger partial charge in [0.1, 0.15) is 13.2 Å². The van der Waals surface area contributed by atoms with E-state index in [0.29, 0.717) is 13.2 Å². The summed E-state index contributed by atoms with van der Waals surface area (Å²) < 4.78 is 13.1. The summed E-state index contributed by atoms with van der Waals surface area (Å²) in [4.78, 5) is 2.29. The molecule has 5 heteroatoms. The zero-order valence-corrected chi connectivity index (χ0v) is 14.3. The van der Waals surface area contributed by atoms with Crippen LogP contribution in [0.1, 0.15) is 11.1 Å². The predicted molar refractivity (Wildman–Crippen MR) is 96.2 cm³/mol. The highest BCUT2D eigenvalue weighted by atomic mass is 16.6. The molecule has 2 aromatic carbocycles. The summed E-state index contributed by atoms with van der Waals surface area (Å²) in [5.74, 6) is 1.68. The van der Waals surface area contributed by atoms with E-state index < -0.39 is 0 Å². The maximum Gasteiger partial charge on any atom is 0.161 e. The Morgan fingerprint density at radius 3 is 2.56 bits per heavy atom. The molecule has 0 radical (unpaired) electrons. The molecular formula is C20H21N3O2. The Bertz CT molecular complexity index is 846. The quantitative estimate of drug-likeness (QED) is 0.717. The van der Waals surface area contributed by atoms with Crippen molar-refractivity contribution in [2.75, 3.05) is 20.3 Å². The van der Waals surface area contributed by atoms with Crippen LogP contribution in [0.3, 0.4) is 0 Å². The summed E-state index contributed by atoms with van der Waals surface area (Å²) in [6.45, 7) is 2.96. The molecule has 5 nitrogen and oxygen atoms in total. The van der Waals surface area contributed by atoms with Gasteiger partial charge in [0.15, 0.2) is 11.5 Å². The predicted octanol–water partition coefficient (Wildman–Crippen LogP) is 3.28. The first-order chi connectivity index (χ1) is 12.3. The number of fused-ring (bicyclic) bond motifs is 1. The van der Waals surface area contributed by atoms with E-state index in [4.69, 9.17) is 9.47 Å². The number of hydrogen-bond donors (Lipinski definition) is 0. The number of rotatable bonds is 5. The number of nitrogens with zero attached hydrogens (tertiary/aromatic N) is 3. The first kappa shape index (κ1) is 15.7. The van der Waals surface area contributed by atoms with Crippen molar-refractivity contribution in [1.29, 1.82) is 0 Å². The SMILES string of the molecule is CN(Cc1cccc(-n2cccn2)c1)Cc1ccc2c(c1)OCCO2. The van der Waals surface area contributed by atoms with Crippen LogP contribution in [0.25, 0.3) is 5.69 Å². The lowest BCUT2D eigenvalue weighted by atomic mass is 10.1. The molecule has 1 aliphatic rings. The topological polar surface area (TPSA) is 39.5 Å². The van der Waals surface area contributed by atoms with E-state index in [2.05, 4.69) is 53.4 Å². The van der Waals surface area contributed by atoms with Gasteiger partial charge in [0.25, 0.3) is 0 Å². The van der Waals surface area contributed by atoms with Crippen LogP contribution in [0.15, 0.2) is 60.9 Å². The highest BCUT2D eigenvalue weighted by molar-refractivity contribution is 5.43. The van der Waals surface area contributed by atoms with Gasteiger partial charge in [-0.3, -0.25) is 4.90 Å². The summed E-state index contributed by atoms with van der Waals surface area (Å²) in [6, 6.07) is 16.6. The van der Waals surface area contributed by atoms with Gasteiger partial charge in [-0.2, -0.15) is 5.10 Å². The normalized spacial score (nSPS) is 13.2. The minimum absolute atomic E-state index is 0.618. The Hall–Kier alpha value is -2.79. The third-order valence-electron chi connectivity index (χ3n) is 4.19. The zero-order valence-electron chi connectivity index (χ0n) is 14.3. The van der Waals surface area contributed by atoms with Crippen molar-refractivity contribution < 1.29 is 9.47 Å². The lowest BCUT2D eigenvalue weighted by molar-refractivity contribution is 0.171. The fraction of sp³-hybridized carbons (Fsp3) is 0.250. The fourth-order valence-electron chi connectivity index (χ4n) is 3.08. The second-order valence-electron chi connectivity index (χ2n) is 6.27. The Morgan fingerprint density at radius 2 is 1.76 bits per heavy atom. The Morgan fingerprint density at radius 1 is 0.960 bits per heavy atom. The van der Waals surface area contributed by atoms with Crippen LogP contribution in [0.4, 0.5) is 0 Å². The maximum absolute atomic E-state index is 5.67. The summed E-state index contributed by atoms with van der Waals surface area (Å²) >= 11 is 0. The summed E-state index contributed by atoms with van der Waals surface area (Å²) in [5.41, 5.74) is 3.55. The molecule has 0 amide bonds. The van der Waals surface area contributed by atoms with Gasteiger partial charge in [0, 0.05) is 25.5 Å². The molecule has 0 saturated heterocycles. The van der Waals surface area contributed by atoms with E-state index >= 15 is 0 Å². The molecule has 0 spiro atoms. The van der Waals surface area contributed by atoms with Crippen LogP contribution >= 0.6 is 0 Å². The van der Waals surface area contributed by atoms with Crippen LogP contribution in [-0.2, 0) is 13.1 Å². The Labute approximate surface area is 147 Å². The minimum atomic E-state index is 0.618. The van der Waals surface area contributed by atoms with Gasteiger partial charge < -0.3 is 9.47 Å². The molecule has 128 valence electrons. The molecule has 25 heavy (non-hydrogen) atoms. The van der Waals surface area contributed by atoms with Crippen molar-refractivity contribution in [2.24, 2.45) is 0 Å². The molecule has 4 rings (SSSR count). The van der Waals surface area contributed by atoms with Crippen molar-refractivity contribution in [2.45, 2.75) is 13.1 Å². The van der Waals surface area contributed by atoms with E-state index in [1.54, 1.807) is 6.20 Å². The molecule has 0 unspecified atom stereocenters. The first-order valence-corrected chi connectivity index (χ1v) is 8.44. The van der Waals surface area contributed by atoms with Crippen LogP contribution < -0.4 is 9.47 Å². The molecule has 0 N–H and O–H groups in total. The molecule has 0 aliphatic carbocycles. The lowest BCUT2D eigenvalue weighted by Crippen LogP contribution is -2.18. The third-order valence-corrected chi connectivity index (χ3v) is 4.19. The van der Waals surface area contributed by atoms with Gasteiger partial charge in [-0.05, 0) is 48.5 Å². The molecule has 0 saturated carbocycles. The molecule has 2 heterocycles. The van der Waals surface area contributed by atoms with Gasteiger partial charge >= 0.3 is 0 Å². The Kier molecular flexibility index (Phi) is 4.39. The van der Waals surface area contributed by atoms with Crippen LogP contribution in [0, 0.1) is 0 Å². The van der Waals surface area contributed by atoms with E-state index in [-0.39, 0.29) is 0 Å². The van der Waals surface area contributed by atoms with Crippen LogP contribution in [0.5, 0.6) is 11.5 Å².